The van der Waals surface area contributed by atoms with Crippen molar-refractivity contribution in [3.63, 3.8) is 0 Å². The molecular formula is C15H11N5O3S. The summed E-state index contributed by atoms with van der Waals surface area (Å²) < 4.78 is 6.90. The average molecular weight is 341 g/mol. The van der Waals surface area contributed by atoms with E-state index in [4.69, 9.17) is 10.2 Å². The lowest BCUT2D eigenvalue weighted by Crippen LogP contribution is -2.15. The van der Waals surface area contributed by atoms with Crippen molar-refractivity contribution in [3.05, 3.63) is 51.6 Å². The SMILES string of the molecule is Cc1ccc(-c2nc(C(N)=O)c3[nH]c(=O)n(-c4cccs4)c3n2)o1. The van der Waals surface area contributed by atoms with Gasteiger partial charge in [0, 0.05) is 0 Å². The molecule has 4 aromatic rings. The first-order chi connectivity index (χ1) is 11.5. The maximum absolute atomic E-state index is 12.3. The summed E-state index contributed by atoms with van der Waals surface area (Å²) in [7, 11) is 0. The molecule has 3 N–H and O–H groups in total. The van der Waals surface area contributed by atoms with Gasteiger partial charge in [0.15, 0.2) is 22.9 Å². The Morgan fingerprint density at radius 3 is 2.79 bits per heavy atom. The number of imidazole rings is 1. The summed E-state index contributed by atoms with van der Waals surface area (Å²) in [4.78, 5) is 35.3. The van der Waals surface area contributed by atoms with E-state index in [1.165, 1.54) is 15.9 Å². The Balaban J connectivity index is 2.09. The third-order valence-corrected chi connectivity index (χ3v) is 4.31. The number of primary amides is 1. The fraction of sp³-hybridized carbons (Fsp3) is 0.0667. The molecule has 9 heteroatoms. The maximum Gasteiger partial charge on any atom is 0.333 e. The normalized spacial score (nSPS) is 11.2. The second-order valence-corrected chi connectivity index (χ2v) is 6.01. The van der Waals surface area contributed by atoms with E-state index in [9.17, 15) is 9.59 Å². The zero-order valence-electron chi connectivity index (χ0n) is 12.4. The molecular weight excluding hydrogens is 330 g/mol. The van der Waals surface area contributed by atoms with Crippen LogP contribution in [0, 0.1) is 6.92 Å². The largest absolute Gasteiger partial charge is 0.458 e. The first-order valence-corrected chi connectivity index (χ1v) is 7.86. The van der Waals surface area contributed by atoms with Crippen LogP contribution in [0.5, 0.6) is 0 Å². The van der Waals surface area contributed by atoms with Crippen molar-refractivity contribution < 1.29 is 9.21 Å². The van der Waals surface area contributed by atoms with Crippen molar-refractivity contribution in [3.8, 4) is 16.6 Å². The maximum atomic E-state index is 12.3. The van der Waals surface area contributed by atoms with E-state index in [2.05, 4.69) is 15.0 Å². The van der Waals surface area contributed by atoms with Crippen LogP contribution in [0.2, 0.25) is 0 Å². The Morgan fingerprint density at radius 1 is 1.33 bits per heavy atom. The number of thiophene rings is 1. The summed E-state index contributed by atoms with van der Waals surface area (Å²) in [6, 6.07) is 7.05. The number of H-pyrrole nitrogens is 1. The van der Waals surface area contributed by atoms with Gasteiger partial charge in [-0.2, -0.15) is 0 Å². The number of aromatic nitrogens is 4. The Labute approximate surface area is 138 Å². The fourth-order valence-corrected chi connectivity index (χ4v) is 3.16. The predicted molar refractivity (Wildman–Crippen MR) is 88.3 cm³/mol. The smallest absolute Gasteiger partial charge is 0.333 e. The quantitative estimate of drug-likeness (QED) is 0.589. The van der Waals surface area contributed by atoms with Gasteiger partial charge in [-0.25, -0.2) is 19.3 Å². The van der Waals surface area contributed by atoms with Gasteiger partial charge in [-0.15, -0.1) is 11.3 Å². The van der Waals surface area contributed by atoms with Crippen LogP contribution in [0.4, 0.5) is 0 Å². The van der Waals surface area contributed by atoms with Crippen molar-refractivity contribution >= 4 is 28.4 Å². The number of aromatic amines is 1. The average Bonchev–Trinajstić information content (AvgIpc) is 3.24. The first kappa shape index (κ1) is 14.4. The minimum atomic E-state index is -0.758. The number of rotatable bonds is 3. The summed E-state index contributed by atoms with van der Waals surface area (Å²) in [5, 5.41) is 2.51. The molecule has 0 radical (unpaired) electrons. The van der Waals surface area contributed by atoms with E-state index in [1.54, 1.807) is 25.1 Å². The van der Waals surface area contributed by atoms with Gasteiger partial charge in [-0.05, 0) is 36.6 Å². The number of hydrogen-bond donors (Lipinski definition) is 2. The molecule has 0 aliphatic heterocycles. The topological polar surface area (TPSA) is 120 Å². The van der Waals surface area contributed by atoms with Gasteiger partial charge in [0.25, 0.3) is 5.91 Å². The van der Waals surface area contributed by atoms with E-state index in [1.807, 2.05) is 11.4 Å². The Kier molecular flexibility index (Phi) is 3.10. The lowest BCUT2D eigenvalue weighted by atomic mass is 10.3. The number of carbonyl (C=O) groups excluding carboxylic acids is 1. The van der Waals surface area contributed by atoms with Crippen LogP contribution in [0.1, 0.15) is 16.2 Å². The number of amides is 1. The van der Waals surface area contributed by atoms with Gasteiger partial charge in [-0.1, -0.05) is 0 Å². The number of nitrogens with one attached hydrogen (secondary N) is 1. The highest BCUT2D eigenvalue weighted by Gasteiger charge is 2.21. The third kappa shape index (κ3) is 2.14. The molecule has 8 nitrogen and oxygen atoms in total. The fourth-order valence-electron chi connectivity index (χ4n) is 2.43. The molecule has 24 heavy (non-hydrogen) atoms. The van der Waals surface area contributed by atoms with Gasteiger partial charge in [0.2, 0.25) is 0 Å². The molecule has 1 amide bonds. The molecule has 0 spiro atoms. The van der Waals surface area contributed by atoms with Crippen LogP contribution >= 0.6 is 11.3 Å². The van der Waals surface area contributed by atoms with Gasteiger partial charge in [-0.3, -0.25) is 4.79 Å². The van der Waals surface area contributed by atoms with Crippen LogP contribution in [-0.2, 0) is 0 Å². The molecule has 0 aliphatic rings. The van der Waals surface area contributed by atoms with Crippen LogP contribution in [0.3, 0.4) is 0 Å². The van der Waals surface area contributed by atoms with E-state index in [0.29, 0.717) is 16.5 Å². The molecule has 4 aromatic heterocycles. The highest BCUT2D eigenvalue weighted by Crippen LogP contribution is 2.24. The summed E-state index contributed by atoms with van der Waals surface area (Å²) in [6.45, 7) is 1.79. The lowest BCUT2D eigenvalue weighted by molar-refractivity contribution is 0.0997. The molecule has 0 aliphatic carbocycles. The molecule has 0 atom stereocenters. The number of hydrogen-bond acceptors (Lipinski definition) is 6. The second-order valence-electron chi connectivity index (χ2n) is 5.09. The van der Waals surface area contributed by atoms with Gasteiger partial charge in [0.1, 0.15) is 16.3 Å². The lowest BCUT2D eigenvalue weighted by Gasteiger charge is -2.03. The number of furan rings is 1. The summed E-state index contributed by atoms with van der Waals surface area (Å²) in [5.41, 5.74) is 5.42. The molecule has 0 unspecified atom stereocenters. The second kappa shape index (κ2) is 5.17. The highest BCUT2D eigenvalue weighted by molar-refractivity contribution is 7.12. The Morgan fingerprint density at radius 2 is 2.17 bits per heavy atom. The molecule has 4 rings (SSSR count). The predicted octanol–water partition coefficient (Wildman–Crippen LogP) is 1.84. The highest BCUT2D eigenvalue weighted by atomic mass is 32.1. The number of carbonyl (C=O) groups is 1. The minimum absolute atomic E-state index is 0.0588. The zero-order valence-corrected chi connectivity index (χ0v) is 13.3. The molecule has 0 saturated heterocycles. The molecule has 0 fully saturated rings. The first-order valence-electron chi connectivity index (χ1n) is 6.98. The number of aryl methyl sites for hydroxylation is 1. The van der Waals surface area contributed by atoms with E-state index < -0.39 is 11.6 Å². The van der Waals surface area contributed by atoms with Crippen LogP contribution in [0.25, 0.3) is 27.7 Å². The van der Waals surface area contributed by atoms with Crippen molar-refractivity contribution in [2.45, 2.75) is 6.92 Å². The van der Waals surface area contributed by atoms with E-state index >= 15 is 0 Å². The molecule has 0 aromatic carbocycles. The van der Waals surface area contributed by atoms with Crippen LogP contribution < -0.4 is 11.4 Å². The minimum Gasteiger partial charge on any atom is -0.458 e. The van der Waals surface area contributed by atoms with Gasteiger partial charge in [0.05, 0.1) is 0 Å². The Bertz CT molecular complexity index is 1120. The summed E-state index contributed by atoms with van der Waals surface area (Å²) >= 11 is 1.37. The monoisotopic (exact) mass is 341 g/mol. The number of nitrogens with two attached hydrogens (primary N) is 1. The summed E-state index contributed by atoms with van der Waals surface area (Å²) in [5.74, 6) is 0.502. The van der Waals surface area contributed by atoms with Crippen molar-refractivity contribution in [2.75, 3.05) is 0 Å². The van der Waals surface area contributed by atoms with Crippen LogP contribution in [-0.4, -0.2) is 25.4 Å². The van der Waals surface area contributed by atoms with Gasteiger partial charge >= 0.3 is 5.69 Å². The van der Waals surface area contributed by atoms with Crippen molar-refractivity contribution in [1.82, 2.24) is 19.5 Å². The molecule has 4 heterocycles. The third-order valence-electron chi connectivity index (χ3n) is 3.46. The molecule has 0 saturated carbocycles. The van der Waals surface area contributed by atoms with Crippen molar-refractivity contribution in [1.29, 1.82) is 0 Å². The van der Waals surface area contributed by atoms with E-state index in [-0.39, 0.29) is 22.7 Å². The summed E-state index contributed by atoms with van der Waals surface area (Å²) in [6.07, 6.45) is 0. The van der Waals surface area contributed by atoms with Gasteiger partial charge < -0.3 is 15.1 Å². The zero-order chi connectivity index (χ0) is 16.8. The standard InChI is InChI=1S/C15H11N5O3S/c1-7-4-5-8(23-7)13-17-10(12(16)21)11-14(19-13)20(15(22)18-11)9-3-2-6-24-9/h2-6H,1H3,(H2,16,21)(H,18,22). The Hall–Kier alpha value is -3.20. The number of fused-ring (bicyclic) bond motifs is 1. The molecule has 0 bridgehead atoms. The number of nitrogens with zero attached hydrogens (tertiary/aromatic N) is 3. The van der Waals surface area contributed by atoms with E-state index in [0.717, 1.165) is 0 Å². The van der Waals surface area contributed by atoms with Crippen molar-refractivity contribution in [2.24, 2.45) is 5.73 Å². The molecule has 120 valence electrons. The van der Waals surface area contributed by atoms with Crippen LogP contribution in [0.15, 0.2) is 38.9 Å².